The fourth-order valence-corrected chi connectivity index (χ4v) is 1.59. The Hall–Kier alpha value is -2.09. The second-order valence-corrected chi connectivity index (χ2v) is 4.06. The van der Waals surface area contributed by atoms with Crippen molar-refractivity contribution in [2.45, 2.75) is 18.6 Å². The molecule has 0 spiro atoms. The van der Waals surface area contributed by atoms with Crippen molar-refractivity contribution in [2.75, 3.05) is 7.11 Å². The molecule has 0 aliphatic carbocycles. The van der Waals surface area contributed by atoms with Gasteiger partial charge in [0.05, 0.1) is 18.2 Å². The van der Waals surface area contributed by atoms with Crippen molar-refractivity contribution in [3.63, 3.8) is 0 Å². The summed E-state index contributed by atoms with van der Waals surface area (Å²) in [6.45, 7) is 0. The number of alkyl halides is 3. The summed E-state index contributed by atoms with van der Waals surface area (Å²) in [5.41, 5.74) is 3.81. The number of carboxylic acid groups (broad SMARTS) is 1. The van der Waals surface area contributed by atoms with E-state index >= 15 is 0 Å². The van der Waals surface area contributed by atoms with Gasteiger partial charge in [-0.1, -0.05) is 0 Å². The Labute approximate surface area is 112 Å². The van der Waals surface area contributed by atoms with Crippen LogP contribution in [0.25, 0.3) is 0 Å². The Morgan fingerprint density at radius 2 is 1.95 bits per heavy atom. The zero-order chi connectivity index (χ0) is 15.5. The van der Waals surface area contributed by atoms with E-state index < -0.39 is 35.3 Å². The van der Waals surface area contributed by atoms with Crippen molar-refractivity contribution in [2.24, 2.45) is 5.73 Å². The van der Waals surface area contributed by atoms with Crippen LogP contribution in [0.1, 0.15) is 21.5 Å². The topological polar surface area (TPSA) is 89.6 Å². The Morgan fingerprint density at radius 1 is 1.35 bits per heavy atom. The number of rotatable bonds is 4. The van der Waals surface area contributed by atoms with E-state index in [4.69, 9.17) is 10.8 Å². The summed E-state index contributed by atoms with van der Waals surface area (Å²) >= 11 is 0. The van der Waals surface area contributed by atoms with E-state index in [2.05, 4.69) is 4.74 Å². The average Bonchev–Trinajstić information content (AvgIpc) is 2.36. The van der Waals surface area contributed by atoms with Gasteiger partial charge in [-0.2, -0.15) is 13.2 Å². The minimum Gasteiger partial charge on any atom is -0.478 e. The van der Waals surface area contributed by atoms with Gasteiger partial charge in [0, 0.05) is 0 Å². The number of hydrogen-bond donors (Lipinski definition) is 2. The summed E-state index contributed by atoms with van der Waals surface area (Å²) in [6, 6.07) is 1.16. The highest BCUT2D eigenvalue weighted by molar-refractivity contribution is 5.88. The van der Waals surface area contributed by atoms with Crippen LogP contribution < -0.4 is 5.73 Å². The summed E-state index contributed by atoms with van der Waals surface area (Å²) in [6.07, 6.45) is -4.94. The molecule has 0 bridgehead atoms. The van der Waals surface area contributed by atoms with Crippen LogP contribution in [0.3, 0.4) is 0 Å². The highest BCUT2D eigenvalue weighted by Gasteiger charge is 2.32. The summed E-state index contributed by atoms with van der Waals surface area (Å²) in [7, 11) is 1.09. The first-order chi connectivity index (χ1) is 9.15. The summed E-state index contributed by atoms with van der Waals surface area (Å²) in [5, 5.41) is 8.80. The molecule has 0 heterocycles. The molecule has 0 saturated heterocycles. The van der Waals surface area contributed by atoms with Gasteiger partial charge in [0.2, 0.25) is 0 Å². The molecule has 0 aliphatic rings. The minimum absolute atomic E-state index is 0.00451. The van der Waals surface area contributed by atoms with Gasteiger partial charge in [-0.25, -0.2) is 4.79 Å². The first kappa shape index (κ1) is 16.0. The second kappa shape index (κ2) is 5.91. The number of hydrogen-bond acceptors (Lipinski definition) is 4. The fraction of sp³-hybridized carbons (Fsp3) is 0.333. The molecule has 1 atom stereocenters. The van der Waals surface area contributed by atoms with Crippen LogP contribution in [0.5, 0.6) is 0 Å². The number of nitrogens with two attached hydrogens (primary N) is 1. The number of carboxylic acids is 1. The standard InChI is InChI=1S/C12H12F3NO4/c1-20-11(19)9(16)4-6-2-7(10(17)18)5-8(3-6)12(13,14)15/h2-3,5,9H,4,16H2,1H3,(H,17,18)/t9-/m1/s1. The van der Waals surface area contributed by atoms with Crippen molar-refractivity contribution in [3.8, 4) is 0 Å². The van der Waals surface area contributed by atoms with E-state index in [0.29, 0.717) is 6.07 Å². The van der Waals surface area contributed by atoms with Gasteiger partial charge >= 0.3 is 18.1 Å². The molecule has 20 heavy (non-hydrogen) atoms. The smallest absolute Gasteiger partial charge is 0.416 e. The molecule has 1 aromatic carbocycles. The molecular formula is C12H12F3NO4. The highest BCUT2D eigenvalue weighted by atomic mass is 19.4. The van der Waals surface area contributed by atoms with Gasteiger partial charge in [-0.3, -0.25) is 4.79 Å². The van der Waals surface area contributed by atoms with E-state index in [0.717, 1.165) is 19.2 Å². The number of carbonyl (C=O) groups is 2. The summed E-state index contributed by atoms with van der Waals surface area (Å²) < 4.78 is 42.3. The van der Waals surface area contributed by atoms with E-state index in [1.54, 1.807) is 0 Å². The summed E-state index contributed by atoms with van der Waals surface area (Å²) in [5.74, 6) is -2.29. The highest BCUT2D eigenvalue weighted by Crippen LogP contribution is 2.31. The average molecular weight is 291 g/mol. The molecule has 0 saturated carbocycles. The van der Waals surface area contributed by atoms with Crippen LogP contribution in [0.2, 0.25) is 0 Å². The Bertz CT molecular complexity index is 528. The zero-order valence-corrected chi connectivity index (χ0v) is 10.4. The lowest BCUT2D eigenvalue weighted by Gasteiger charge is -2.13. The van der Waals surface area contributed by atoms with Gasteiger partial charge in [0.15, 0.2) is 0 Å². The van der Waals surface area contributed by atoms with E-state index in [-0.39, 0.29) is 12.0 Å². The molecule has 3 N–H and O–H groups in total. The Kier molecular flexibility index (Phi) is 4.72. The normalized spacial score (nSPS) is 12.8. The van der Waals surface area contributed by atoms with Crippen molar-refractivity contribution in [3.05, 3.63) is 34.9 Å². The van der Waals surface area contributed by atoms with Crippen LogP contribution >= 0.6 is 0 Å². The predicted molar refractivity (Wildman–Crippen MR) is 62.1 cm³/mol. The fourth-order valence-electron chi connectivity index (χ4n) is 1.59. The lowest BCUT2D eigenvalue weighted by Crippen LogP contribution is -2.33. The predicted octanol–water partition coefficient (Wildman–Crippen LogP) is 1.45. The molecule has 0 amide bonds. The first-order valence-electron chi connectivity index (χ1n) is 5.43. The molecule has 0 unspecified atom stereocenters. The zero-order valence-electron chi connectivity index (χ0n) is 10.4. The number of benzene rings is 1. The molecule has 5 nitrogen and oxygen atoms in total. The quantitative estimate of drug-likeness (QED) is 0.819. The number of carbonyl (C=O) groups excluding carboxylic acids is 1. The number of methoxy groups -OCH3 is 1. The maximum absolute atomic E-state index is 12.7. The second-order valence-electron chi connectivity index (χ2n) is 4.06. The van der Waals surface area contributed by atoms with Crippen LogP contribution in [-0.4, -0.2) is 30.2 Å². The maximum Gasteiger partial charge on any atom is 0.416 e. The molecule has 110 valence electrons. The van der Waals surface area contributed by atoms with Crippen molar-refractivity contribution in [1.29, 1.82) is 0 Å². The van der Waals surface area contributed by atoms with Gasteiger partial charge in [-0.15, -0.1) is 0 Å². The van der Waals surface area contributed by atoms with Crippen LogP contribution in [0.15, 0.2) is 18.2 Å². The number of ether oxygens (including phenoxy) is 1. The molecule has 0 aliphatic heterocycles. The molecule has 8 heteroatoms. The molecule has 1 rings (SSSR count). The monoisotopic (exact) mass is 291 g/mol. The molecular weight excluding hydrogens is 279 g/mol. The van der Waals surface area contributed by atoms with Gasteiger partial charge < -0.3 is 15.6 Å². The van der Waals surface area contributed by atoms with Crippen LogP contribution in [0.4, 0.5) is 13.2 Å². The third kappa shape index (κ3) is 3.95. The lowest BCUT2D eigenvalue weighted by molar-refractivity contribution is -0.142. The Balaban J connectivity index is 3.16. The number of halogens is 3. The van der Waals surface area contributed by atoms with Crippen molar-refractivity contribution in [1.82, 2.24) is 0 Å². The van der Waals surface area contributed by atoms with Crippen LogP contribution in [-0.2, 0) is 22.1 Å². The minimum atomic E-state index is -4.68. The third-order valence-electron chi connectivity index (χ3n) is 2.53. The molecule has 1 aromatic rings. The van der Waals surface area contributed by atoms with E-state index in [9.17, 15) is 22.8 Å². The maximum atomic E-state index is 12.7. The molecule has 0 radical (unpaired) electrons. The van der Waals surface area contributed by atoms with Gasteiger partial charge in [0.1, 0.15) is 6.04 Å². The largest absolute Gasteiger partial charge is 0.478 e. The van der Waals surface area contributed by atoms with Gasteiger partial charge in [-0.05, 0) is 30.2 Å². The molecule has 0 fully saturated rings. The van der Waals surface area contributed by atoms with E-state index in [1.807, 2.05) is 0 Å². The van der Waals surface area contributed by atoms with E-state index in [1.165, 1.54) is 0 Å². The third-order valence-corrected chi connectivity index (χ3v) is 2.53. The van der Waals surface area contributed by atoms with Gasteiger partial charge in [0.25, 0.3) is 0 Å². The Morgan fingerprint density at radius 3 is 2.40 bits per heavy atom. The number of aromatic carboxylic acids is 1. The van der Waals surface area contributed by atoms with Crippen molar-refractivity contribution >= 4 is 11.9 Å². The van der Waals surface area contributed by atoms with Crippen LogP contribution in [0, 0.1) is 0 Å². The molecule has 0 aromatic heterocycles. The SMILES string of the molecule is COC(=O)[C@H](N)Cc1cc(C(=O)O)cc(C(F)(F)F)c1. The first-order valence-corrected chi connectivity index (χ1v) is 5.43. The number of esters is 1. The summed E-state index contributed by atoms with van der Waals surface area (Å²) in [4.78, 5) is 21.9. The lowest BCUT2D eigenvalue weighted by atomic mass is 10.00. The van der Waals surface area contributed by atoms with Crippen molar-refractivity contribution < 1.29 is 32.6 Å².